The number of aryl methyl sites for hydroxylation is 1. The summed E-state index contributed by atoms with van der Waals surface area (Å²) in [7, 11) is 0. The van der Waals surface area contributed by atoms with Crippen molar-refractivity contribution in [2.45, 2.75) is 19.4 Å². The maximum absolute atomic E-state index is 12.5. The van der Waals surface area contributed by atoms with Crippen molar-refractivity contribution < 1.29 is 9.53 Å². The van der Waals surface area contributed by atoms with Gasteiger partial charge in [0.05, 0.1) is 19.6 Å². The maximum Gasteiger partial charge on any atom is 0.227 e. The van der Waals surface area contributed by atoms with Crippen LogP contribution in [0.1, 0.15) is 22.8 Å². The van der Waals surface area contributed by atoms with Gasteiger partial charge in [0, 0.05) is 6.54 Å². The Labute approximate surface area is 131 Å². The summed E-state index contributed by atoms with van der Waals surface area (Å²) in [5, 5.41) is 0. The predicted molar refractivity (Wildman–Crippen MR) is 86.6 cm³/mol. The highest BCUT2D eigenvalue weighted by Crippen LogP contribution is 2.25. The largest absolute Gasteiger partial charge is 0.370 e. The first-order valence-corrected chi connectivity index (χ1v) is 7.73. The van der Waals surface area contributed by atoms with E-state index in [1.165, 1.54) is 11.1 Å². The Balaban J connectivity index is 1.68. The Hall–Kier alpha value is -2.13. The molecule has 114 valence electrons. The van der Waals surface area contributed by atoms with E-state index in [0.717, 1.165) is 5.56 Å². The molecule has 3 rings (SSSR count). The molecule has 1 aliphatic heterocycles. The van der Waals surface area contributed by atoms with Gasteiger partial charge in [0.2, 0.25) is 5.91 Å². The van der Waals surface area contributed by atoms with Crippen LogP contribution in [0, 0.1) is 6.92 Å². The zero-order valence-electron chi connectivity index (χ0n) is 12.9. The van der Waals surface area contributed by atoms with Gasteiger partial charge in [-0.1, -0.05) is 54.6 Å². The van der Waals surface area contributed by atoms with Gasteiger partial charge < -0.3 is 9.64 Å². The quantitative estimate of drug-likeness (QED) is 0.870. The van der Waals surface area contributed by atoms with Gasteiger partial charge in [-0.25, -0.2) is 0 Å². The lowest BCUT2D eigenvalue weighted by Gasteiger charge is -2.34. The monoisotopic (exact) mass is 295 g/mol. The number of ether oxygens (including phenoxy) is 1. The molecule has 0 saturated carbocycles. The zero-order valence-corrected chi connectivity index (χ0v) is 12.9. The van der Waals surface area contributed by atoms with E-state index in [0.29, 0.717) is 26.1 Å². The third-order valence-electron chi connectivity index (χ3n) is 4.15. The topological polar surface area (TPSA) is 29.5 Å². The van der Waals surface area contributed by atoms with Crippen LogP contribution in [0.15, 0.2) is 54.6 Å². The zero-order chi connectivity index (χ0) is 15.4. The van der Waals surface area contributed by atoms with Crippen LogP contribution in [0.4, 0.5) is 0 Å². The molecule has 1 atom stereocenters. The minimum absolute atomic E-state index is 0.0188. The molecule has 0 aromatic heterocycles. The molecule has 0 spiro atoms. The van der Waals surface area contributed by atoms with Gasteiger partial charge in [0.25, 0.3) is 0 Å². The predicted octanol–water partition coefficient (Wildman–Crippen LogP) is 3.14. The molecular weight excluding hydrogens is 274 g/mol. The van der Waals surface area contributed by atoms with E-state index in [9.17, 15) is 4.79 Å². The molecule has 0 N–H and O–H groups in total. The van der Waals surface area contributed by atoms with Gasteiger partial charge in [0.15, 0.2) is 0 Å². The highest BCUT2D eigenvalue weighted by Gasteiger charge is 2.26. The summed E-state index contributed by atoms with van der Waals surface area (Å²) in [5.41, 5.74) is 3.45. The van der Waals surface area contributed by atoms with Crippen LogP contribution in [0.2, 0.25) is 0 Å². The number of amides is 1. The summed E-state index contributed by atoms with van der Waals surface area (Å²) in [6, 6.07) is 18.1. The number of nitrogens with zero attached hydrogens (tertiary/aromatic N) is 1. The lowest BCUT2D eigenvalue weighted by molar-refractivity contribution is -0.138. The van der Waals surface area contributed by atoms with Crippen molar-refractivity contribution in [1.82, 2.24) is 4.90 Å². The minimum atomic E-state index is -0.0188. The summed E-state index contributed by atoms with van der Waals surface area (Å²) >= 11 is 0. The Bertz CT molecular complexity index is 639. The van der Waals surface area contributed by atoms with E-state index in [2.05, 4.69) is 19.1 Å². The Morgan fingerprint density at radius 2 is 1.86 bits per heavy atom. The van der Waals surface area contributed by atoms with Crippen molar-refractivity contribution in [2.75, 3.05) is 19.7 Å². The number of hydrogen-bond acceptors (Lipinski definition) is 2. The van der Waals surface area contributed by atoms with E-state index in [1.54, 1.807) is 0 Å². The Kier molecular flexibility index (Phi) is 4.54. The Morgan fingerprint density at radius 3 is 2.64 bits per heavy atom. The molecule has 0 radical (unpaired) electrons. The smallest absolute Gasteiger partial charge is 0.227 e. The average Bonchev–Trinajstić information content (AvgIpc) is 2.56. The lowest BCUT2D eigenvalue weighted by atomic mass is 10.0. The van der Waals surface area contributed by atoms with Gasteiger partial charge in [-0.05, 0) is 23.6 Å². The van der Waals surface area contributed by atoms with Crippen molar-refractivity contribution >= 4 is 5.91 Å². The molecule has 1 unspecified atom stereocenters. The molecular formula is C19H21NO2. The maximum atomic E-state index is 12.5. The lowest BCUT2D eigenvalue weighted by Crippen LogP contribution is -2.43. The molecule has 1 amide bonds. The van der Waals surface area contributed by atoms with Crippen LogP contribution in [0.5, 0.6) is 0 Å². The highest BCUT2D eigenvalue weighted by atomic mass is 16.5. The standard InChI is InChI=1S/C19H21NO2/c1-15-7-5-6-10-17(15)18-14-20(11-12-22-18)19(21)13-16-8-3-2-4-9-16/h2-10,18H,11-14H2,1H3. The van der Waals surface area contributed by atoms with Crippen LogP contribution in [-0.4, -0.2) is 30.5 Å². The number of carbonyl (C=O) groups is 1. The first kappa shape index (κ1) is 14.8. The molecule has 2 aromatic rings. The van der Waals surface area contributed by atoms with Gasteiger partial charge in [0.1, 0.15) is 6.10 Å². The summed E-state index contributed by atoms with van der Waals surface area (Å²) < 4.78 is 5.88. The van der Waals surface area contributed by atoms with Crippen LogP contribution in [-0.2, 0) is 16.0 Å². The van der Waals surface area contributed by atoms with E-state index >= 15 is 0 Å². The average molecular weight is 295 g/mol. The van der Waals surface area contributed by atoms with E-state index in [-0.39, 0.29) is 12.0 Å². The summed E-state index contributed by atoms with van der Waals surface area (Å²) in [6.07, 6.45) is 0.441. The van der Waals surface area contributed by atoms with Gasteiger partial charge in [-0.2, -0.15) is 0 Å². The number of carbonyl (C=O) groups excluding carboxylic acids is 1. The van der Waals surface area contributed by atoms with Crippen molar-refractivity contribution in [3.05, 3.63) is 71.3 Å². The molecule has 2 aromatic carbocycles. The van der Waals surface area contributed by atoms with Crippen molar-refractivity contribution in [3.63, 3.8) is 0 Å². The third kappa shape index (κ3) is 3.37. The highest BCUT2D eigenvalue weighted by molar-refractivity contribution is 5.78. The SMILES string of the molecule is Cc1ccccc1C1CN(C(=O)Cc2ccccc2)CCO1. The van der Waals surface area contributed by atoms with E-state index in [4.69, 9.17) is 4.74 Å². The van der Waals surface area contributed by atoms with Crippen LogP contribution < -0.4 is 0 Å². The molecule has 1 heterocycles. The van der Waals surface area contributed by atoms with E-state index in [1.807, 2.05) is 47.4 Å². The van der Waals surface area contributed by atoms with Crippen LogP contribution in [0.3, 0.4) is 0 Å². The third-order valence-corrected chi connectivity index (χ3v) is 4.15. The second-order valence-electron chi connectivity index (χ2n) is 5.72. The van der Waals surface area contributed by atoms with Gasteiger partial charge in [-0.15, -0.1) is 0 Å². The Morgan fingerprint density at radius 1 is 1.14 bits per heavy atom. The van der Waals surface area contributed by atoms with Crippen molar-refractivity contribution in [1.29, 1.82) is 0 Å². The minimum Gasteiger partial charge on any atom is -0.370 e. The molecule has 0 aliphatic carbocycles. The normalized spacial score (nSPS) is 18.2. The first-order valence-electron chi connectivity index (χ1n) is 7.73. The van der Waals surface area contributed by atoms with Crippen molar-refractivity contribution in [2.24, 2.45) is 0 Å². The fraction of sp³-hybridized carbons (Fsp3) is 0.316. The van der Waals surface area contributed by atoms with Crippen LogP contribution >= 0.6 is 0 Å². The van der Waals surface area contributed by atoms with Gasteiger partial charge in [-0.3, -0.25) is 4.79 Å². The van der Waals surface area contributed by atoms with Crippen molar-refractivity contribution in [3.8, 4) is 0 Å². The molecule has 1 saturated heterocycles. The van der Waals surface area contributed by atoms with Crippen LogP contribution in [0.25, 0.3) is 0 Å². The summed E-state index contributed by atoms with van der Waals surface area (Å²) in [6.45, 7) is 3.99. The molecule has 1 fully saturated rings. The molecule has 1 aliphatic rings. The summed E-state index contributed by atoms with van der Waals surface area (Å²) in [5.74, 6) is 0.174. The molecule has 22 heavy (non-hydrogen) atoms. The number of rotatable bonds is 3. The second kappa shape index (κ2) is 6.75. The second-order valence-corrected chi connectivity index (χ2v) is 5.72. The molecule has 3 nitrogen and oxygen atoms in total. The number of benzene rings is 2. The number of hydrogen-bond donors (Lipinski definition) is 0. The first-order chi connectivity index (χ1) is 10.7. The molecule has 3 heteroatoms. The number of morpholine rings is 1. The fourth-order valence-electron chi connectivity index (χ4n) is 2.89. The van der Waals surface area contributed by atoms with E-state index < -0.39 is 0 Å². The summed E-state index contributed by atoms with van der Waals surface area (Å²) in [4.78, 5) is 14.4. The van der Waals surface area contributed by atoms with Gasteiger partial charge >= 0.3 is 0 Å². The molecule has 0 bridgehead atoms. The fourth-order valence-corrected chi connectivity index (χ4v) is 2.89.